The van der Waals surface area contributed by atoms with Gasteiger partial charge in [0.05, 0.1) is 34.2 Å². The van der Waals surface area contributed by atoms with Gasteiger partial charge < -0.3 is 0 Å². The maximum atomic E-state index is 14.2. The molecule has 0 spiro atoms. The van der Waals surface area contributed by atoms with Crippen LogP contribution in [0.1, 0.15) is 35.2 Å². The number of carbonyl (C=O) groups excluding carboxylic acids is 1. The van der Waals surface area contributed by atoms with Crippen molar-refractivity contribution in [3.8, 4) is 12.1 Å². The Bertz CT molecular complexity index is 2050. The molecule has 1 aliphatic rings. The summed E-state index contributed by atoms with van der Waals surface area (Å²) >= 11 is 0. The first-order valence-corrected chi connectivity index (χ1v) is 15.3. The molecular weight excluding hydrogens is 607 g/mol. The quantitative estimate of drug-likeness (QED) is 0.347. The van der Waals surface area contributed by atoms with E-state index in [1.165, 1.54) is 25.1 Å². The molecule has 1 heterocycles. The normalized spacial score (nSPS) is 16.0. The van der Waals surface area contributed by atoms with Crippen molar-refractivity contribution in [2.75, 3.05) is 11.2 Å². The number of alkyl halides is 3. The third-order valence-electron chi connectivity index (χ3n) is 6.51. The lowest BCUT2D eigenvalue weighted by atomic mass is 9.98. The van der Waals surface area contributed by atoms with Crippen LogP contribution in [-0.2, 0) is 26.0 Å². The van der Waals surface area contributed by atoms with E-state index in [0.29, 0.717) is 11.0 Å². The fourth-order valence-electron chi connectivity index (χ4n) is 4.60. The van der Waals surface area contributed by atoms with Gasteiger partial charge in [-0.1, -0.05) is 24.3 Å². The first kappa shape index (κ1) is 30.8. The molecule has 2 amide bonds. The zero-order valence-corrected chi connectivity index (χ0v) is 23.8. The van der Waals surface area contributed by atoms with Crippen LogP contribution in [-0.4, -0.2) is 33.4 Å². The summed E-state index contributed by atoms with van der Waals surface area (Å²) in [6, 6.07) is 11.5. The smallest absolute Gasteiger partial charge is 0.277 e. The largest absolute Gasteiger partial charge is 0.416 e. The first-order chi connectivity index (χ1) is 20.1. The number of halogens is 3. The highest BCUT2D eigenvalue weighted by Gasteiger charge is 2.49. The molecule has 15 heteroatoms. The lowest BCUT2D eigenvalue weighted by Gasteiger charge is -2.41. The van der Waals surface area contributed by atoms with E-state index in [0.717, 1.165) is 48.7 Å². The number of allylic oxidation sites excluding steroid dienone is 1. The number of hydrogen-bond acceptors (Lipinski definition) is 7. The standard InChI is InChI=1S/C28H18F3N5O5S2/c1-17-25(34-2)26(22-12-11-18(15-32)13-24(22)42(3,38)39)36(43(40,41)23-10-5-4-7-19(23)16-33)27(37)35(17)21-9-6-8-20(14-21)28(29,30)31/h4-14,26H,1,3H3/t26-/m1/s1. The van der Waals surface area contributed by atoms with Gasteiger partial charge in [0.1, 0.15) is 17.0 Å². The van der Waals surface area contributed by atoms with Crippen molar-refractivity contribution < 1.29 is 34.8 Å². The Morgan fingerprint density at radius 1 is 0.930 bits per heavy atom. The van der Waals surface area contributed by atoms with Crippen LogP contribution < -0.4 is 4.90 Å². The molecule has 1 aliphatic heterocycles. The number of carbonyl (C=O) groups is 1. The van der Waals surface area contributed by atoms with Gasteiger partial charge in [0, 0.05) is 17.6 Å². The summed E-state index contributed by atoms with van der Waals surface area (Å²) < 4.78 is 95.0. The molecule has 0 aliphatic carbocycles. The molecule has 4 rings (SSSR count). The predicted molar refractivity (Wildman–Crippen MR) is 146 cm³/mol. The molecule has 43 heavy (non-hydrogen) atoms. The molecule has 0 radical (unpaired) electrons. The third-order valence-corrected chi connectivity index (χ3v) is 9.46. The summed E-state index contributed by atoms with van der Waals surface area (Å²) in [6.07, 6.45) is -4.05. The number of urea groups is 1. The van der Waals surface area contributed by atoms with Gasteiger partial charge in [-0.05, 0) is 55.0 Å². The first-order valence-electron chi connectivity index (χ1n) is 11.9. The van der Waals surface area contributed by atoms with Gasteiger partial charge in [-0.25, -0.2) is 30.8 Å². The molecule has 0 fully saturated rings. The number of nitrogens with zero attached hydrogens (tertiary/aromatic N) is 5. The Hall–Kier alpha value is -5.17. The summed E-state index contributed by atoms with van der Waals surface area (Å²) in [7, 11) is -9.33. The Morgan fingerprint density at radius 3 is 2.19 bits per heavy atom. The molecule has 0 saturated carbocycles. The highest BCUT2D eigenvalue weighted by atomic mass is 32.2. The van der Waals surface area contributed by atoms with Crippen molar-refractivity contribution >= 4 is 31.6 Å². The number of hydrogen-bond donors (Lipinski definition) is 0. The van der Waals surface area contributed by atoms with Gasteiger partial charge in [0.25, 0.3) is 10.0 Å². The number of nitriles is 2. The van der Waals surface area contributed by atoms with E-state index in [1.54, 1.807) is 12.1 Å². The van der Waals surface area contributed by atoms with E-state index in [2.05, 4.69) is 4.85 Å². The minimum Gasteiger partial charge on any atom is -0.277 e. The fraction of sp³-hybridized carbons (Fsp3) is 0.143. The van der Waals surface area contributed by atoms with Crippen LogP contribution in [0.25, 0.3) is 4.85 Å². The van der Waals surface area contributed by atoms with E-state index >= 15 is 0 Å². The Balaban J connectivity index is 2.15. The summed E-state index contributed by atoms with van der Waals surface area (Å²) in [5, 5.41) is 19.0. The maximum absolute atomic E-state index is 14.2. The van der Waals surface area contributed by atoms with Crippen LogP contribution in [0.3, 0.4) is 0 Å². The minimum absolute atomic E-state index is 0.119. The second-order valence-corrected chi connectivity index (χ2v) is 13.0. The van der Waals surface area contributed by atoms with Gasteiger partial charge in [0.2, 0.25) is 5.70 Å². The number of sulfonamides is 1. The van der Waals surface area contributed by atoms with Gasteiger partial charge in [-0.15, -0.1) is 0 Å². The van der Waals surface area contributed by atoms with Crippen molar-refractivity contribution in [2.45, 2.75) is 28.9 Å². The molecular formula is C28H18F3N5O5S2. The van der Waals surface area contributed by atoms with E-state index in [1.807, 2.05) is 0 Å². The Labute approximate surface area is 244 Å². The molecule has 10 nitrogen and oxygen atoms in total. The average Bonchev–Trinajstić information content (AvgIpc) is 2.95. The topological polar surface area (TPSA) is 144 Å². The Morgan fingerprint density at radius 2 is 1.60 bits per heavy atom. The fourth-order valence-corrected chi connectivity index (χ4v) is 7.18. The minimum atomic E-state index is -5.12. The van der Waals surface area contributed by atoms with E-state index in [4.69, 9.17) is 6.57 Å². The molecule has 1 atom stereocenters. The van der Waals surface area contributed by atoms with Crippen molar-refractivity contribution in [1.29, 1.82) is 10.5 Å². The lowest BCUT2D eigenvalue weighted by Crippen LogP contribution is -2.52. The highest BCUT2D eigenvalue weighted by molar-refractivity contribution is 7.91. The van der Waals surface area contributed by atoms with Crippen LogP contribution >= 0.6 is 0 Å². The molecule has 3 aromatic carbocycles. The summed E-state index contributed by atoms with van der Waals surface area (Å²) in [5.74, 6) is 0. The predicted octanol–water partition coefficient (Wildman–Crippen LogP) is 5.38. The monoisotopic (exact) mass is 625 g/mol. The number of benzene rings is 3. The van der Waals surface area contributed by atoms with Gasteiger partial charge in [-0.3, -0.25) is 4.90 Å². The van der Waals surface area contributed by atoms with Gasteiger partial charge in [-0.2, -0.15) is 23.7 Å². The van der Waals surface area contributed by atoms with E-state index in [9.17, 15) is 45.3 Å². The van der Waals surface area contributed by atoms with Crippen molar-refractivity contribution in [3.63, 3.8) is 0 Å². The second-order valence-electron chi connectivity index (χ2n) is 9.20. The van der Waals surface area contributed by atoms with Crippen molar-refractivity contribution in [2.24, 2.45) is 0 Å². The summed E-state index contributed by atoms with van der Waals surface area (Å²) in [6.45, 7) is 9.13. The summed E-state index contributed by atoms with van der Waals surface area (Å²) in [4.78, 5) is 17.0. The molecule has 0 bridgehead atoms. The third kappa shape index (κ3) is 5.42. The van der Waals surface area contributed by atoms with Crippen LogP contribution in [0.4, 0.5) is 23.7 Å². The van der Waals surface area contributed by atoms with Crippen LogP contribution in [0.5, 0.6) is 0 Å². The molecule has 0 saturated heterocycles. The van der Waals surface area contributed by atoms with Crippen molar-refractivity contribution in [1.82, 2.24) is 4.31 Å². The lowest BCUT2D eigenvalue weighted by molar-refractivity contribution is -0.137. The average molecular weight is 626 g/mol. The molecule has 0 aromatic heterocycles. The van der Waals surface area contributed by atoms with E-state index < -0.39 is 70.4 Å². The number of sulfone groups is 1. The zero-order chi connectivity index (χ0) is 31.9. The SMILES string of the molecule is [C-]#[N+]C1=C(C)N(c2cccc(C(F)(F)F)c2)C(=O)N(S(=O)(=O)c2ccccc2C#N)[C@@H]1c1ccc(C#N)cc1S(C)(=O)=O. The van der Waals surface area contributed by atoms with Crippen molar-refractivity contribution in [3.05, 3.63) is 112 Å². The number of amides is 2. The summed E-state index contributed by atoms with van der Waals surface area (Å²) in [5.41, 5.74) is -3.23. The zero-order valence-electron chi connectivity index (χ0n) is 22.2. The molecule has 3 aromatic rings. The van der Waals surface area contributed by atoms with E-state index in [-0.39, 0.29) is 21.1 Å². The molecule has 0 unspecified atom stereocenters. The number of anilines is 1. The van der Waals surface area contributed by atoms with Crippen LogP contribution in [0, 0.1) is 29.2 Å². The maximum Gasteiger partial charge on any atom is 0.416 e. The Kier molecular flexibility index (Phi) is 7.81. The van der Waals surface area contributed by atoms with Gasteiger partial charge in [0.15, 0.2) is 9.84 Å². The highest BCUT2D eigenvalue weighted by Crippen LogP contribution is 2.45. The van der Waals surface area contributed by atoms with Crippen LogP contribution in [0.2, 0.25) is 0 Å². The second kappa shape index (κ2) is 10.9. The van der Waals surface area contributed by atoms with Gasteiger partial charge >= 0.3 is 12.2 Å². The van der Waals surface area contributed by atoms with Crippen LogP contribution in [0.15, 0.2) is 87.9 Å². The molecule has 218 valence electrons. The number of rotatable bonds is 5. The molecule has 0 N–H and O–H groups in total.